The van der Waals surface area contributed by atoms with Crippen molar-refractivity contribution in [3.63, 3.8) is 0 Å². The van der Waals surface area contributed by atoms with Gasteiger partial charge >= 0.3 is 6.09 Å². The summed E-state index contributed by atoms with van der Waals surface area (Å²) in [6.45, 7) is 5.45. The highest BCUT2D eigenvalue weighted by atomic mass is 35.5. The highest BCUT2D eigenvalue weighted by Gasteiger charge is 2.24. The lowest BCUT2D eigenvalue weighted by Gasteiger charge is -2.20. The number of rotatable bonds is 2. The summed E-state index contributed by atoms with van der Waals surface area (Å²) in [4.78, 5) is 21.3. The van der Waals surface area contributed by atoms with E-state index in [1.165, 1.54) is 17.9 Å². The highest BCUT2D eigenvalue weighted by molar-refractivity contribution is 6.31. The largest absolute Gasteiger partial charge is 0.480 e. The Hall–Kier alpha value is -2.60. The number of carbonyl (C=O) groups is 1. The lowest BCUT2D eigenvalue weighted by molar-refractivity contribution is 0.0547. The summed E-state index contributed by atoms with van der Waals surface area (Å²) in [5.74, 6) is 0.566. The van der Waals surface area contributed by atoms with E-state index in [0.717, 1.165) is 5.39 Å². The fraction of sp³-hybridized carbons (Fsp3) is 0.278. The monoisotopic (exact) mass is 359 g/mol. The second-order valence-corrected chi connectivity index (χ2v) is 6.86. The van der Waals surface area contributed by atoms with Gasteiger partial charge in [0.25, 0.3) is 0 Å². The number of methoxy groups -OCH3 is 1. The molecule has 3 aromatic rings. The molecular formula is C18H18ClN3O3. The molecule has 25 heavy (non-hydrogen) atoms. The zero-order chi connectivity index (χ0) is 18.2. The molecule has 0 unspecified atom stereocenters. The second kappa shape index (κ2) is 6.37. The van der Waals surface area contributed by atoms with Crippen molar-refractivity contribution in [1.82, 2.24) is 14.5 Å². The van der Waals surface area contributed by atoms with Crippen molar-refractivity contribution >= 4 is 28.6 Å². The third-order valence-corrected chi connectivity index (χ3v) is 3.68. The van der Waals surface area contributed by atoms with Gasteiger partial charge in [-0.05, 0) is 32.9 Å². The van der Waals surface area contributed by atoms with Crippen LogP contribution in [0.2, 0.25) is 5.02 Å². The maximum absolute atomic E-state index is 12.8. The molecule has 6 nitrogen and oxygen atoms in total. The van der Waals surface area contributed by atoms with Crippen LogP contribution < -0.4 is 4.74 Å². The molecule has 0 bridgehead atoms. The van der Waals surface area contributed by atoms with Crippen molar-refractivity contribution in [3.05, 3.63) is 41.6 Å². The van der Waals surface area contributed by atoms with Crippen molar-refractivity contribution < 1.29 is 14.3 Å². The molecule has 2 aromatic heterocycles. The molecule has 130 valence electrons. The van der Waals surface area contributed by atoms with Gasteiger partial charge in [-0.1, -0.05) is 29.8 Å². The number of hydrogen-bond donors (Lipinski definition) is 0. The number of aromatic nitrogens is 3. The summed E-state index contributed by atoms with van der Waals surface area (Å²) in [6, 6.07) is 9.34. The third kappa shape index (κ3) is 3.44. The lowest BCUT2D eigenvalue weighted by atomic mass is 10.2. The predicted molar refractivity (Wildman–Crippen MR) is 96.2 cm³/mol. The molecular weight excluding hydrogens is 342 g/mol. The number of para-hydroxylation sites is 1. The third-order valence-electron chi connectivity index (χ3n) is 3.42. The minimum Gasteiger partial charge on any atom is -0.480 e. The number of halogens is 1. The van der Waals surface area contributed by atoms with Gasteiger partial charge < -0.3 is 9.47 Å². The maximum atomic E-state index is 12.8. The van der Waals surface area contributed by atoms with Crippen molar-refractivity contribution in [1.29, 1.82) is 0 Å². The Morgan fingerprint density at radius 2 is 1.96 bits per heavy atom. The summed E-state index contributed by atoms with van der Waals surface area (Å²) in [6.07, 6.45) is 0.945. The summed E-state index contributed by atoms with van der Waals surface area (Å²) in [5, 5.41) is 1.17. The van der Waals surface area contributed by atoms with E-state index in [1.54, 1.807) is 0 Å². The molecule has 0 saturated carbocycles. The van der Waals surface area contributed by atoms with Crippen LogP contribution >= 0.6 is 11.6 Å². The van der Waals surface area contributed by atoms with Crippen LogP contribution in [0.3, 0.4) is 0 Å². The molecule has 0 aliphatic carbocycles. The first-order valence-electron chi connectivity index (χ1n) is 7.71. The maximum Gasteiger partial charge on any atom is 0.419 e. The molecule has 3 rings (SSSR count). The zero-order valence-electron chi connectivity index (χ0n) is 14.4. The Balaban J connectivity index is 2.21. The van der Waals surface area contributed by atoms with E-state index in [4.69, 9.17) is 21.1 Å². The minimum absolute atomic E-state index is 0.243. The molecule has 0 aliphatic rings. The van der Waals surface area contributed by atoms with Gasteiger partial charge in [0.2, 0.25) is 5.88 Å². The Bertz CT molecular complexity index is 944. The first-order valence-corrected chi connectivity index (χ1v) is 8.08. The van der Waals surface area contributed by atoms with Crippen LogP contribution in [0.5, 0.6) is 5.88 Å². The molecule has 0 amide bonds. The van der Waals surface area contributed by atoms with Crippen LogP contribution in [0.4, 0.5) is 4.79 Å². The Kier molecular flexibility index (Phi) is 4.39. The van der Waals surface area contributed by atoms with Gasteiger partial charge in [0, 0.05) is 5.39 Å². The van der Waals surface area contributed by atoms with Crippen molar-refractivity contribution in [2.24, 2.45) is 0 Å². The number of nitrogens with zero attached hydrogens (tertiary/aromatic N) is 3. The number of benzene rings is 1. The van der Waals surface area contributed by atoms with Gasteiger partial charge in [-0.15, -0.1) is 0 Å². The minimum atomic E-state index is -0.627. The van der Waals surface area contributed by atoms with Crippen LogP contribution in [0.15, 0.2) is 36.5 Å². The van der Waals surface area contributed by atoms with Crippen LogP contribution in [-0.2, 0) is 4.74 Å². The topological polar surface area (TPSA) is 66.2 Å². The van der Waals surface area contributed by atoms with E-state index in [-0.39, 0.29) is 5.88 Å². The van der Waals surface area contributed by atoms with Crippen molar-refractivity contribution in [3.8, 4) is 17.4 Å². The SMILES string of the molecule is COc1nc(-c2cc3ccccc3n2C(=O)OC(C)(C)C)ncc1Cl. The molecule has 7 heteroatoms. The van der Waals surface area contributed by atoms with Crippen LogP contribution in [0.1, 0.15) is 20.8 Å². The summed E-state index contributed by atoms with van der Waals surface area (Å²) in [5.41, 5.74) is 0.591. The number of carbonyl (C=O) groups excluding carboxylic acids is 1. The Labute approximate surface area is 150 Å². The first-order chi connectivity index (χ1) is 11.8. The van der Waals surface area contributed by atoms with Crippen LogP contribution in [0, 0.1) is 0 Å². The molecule has 1 aromatic carbocycles. The van der Waals surface area contributed by atoms with E-state index >= 15 is 0 Å². The predicted octanol–water partition coefficient (Wildman–Crippen LogP) is 4.54. The van der Waals surface area contributed by atoms with Gasteiger partial charge in [0.15, 0.2) is 5.82 Å². The van der Waals surface area contributed by atoms with Crippen molar-refractivity contribution in [2.75, 3.05) is 7.11 Å². The van der Waals surface area contributed by atoms with E-state index in [2.05, 4.69) is 9.97 Å². The molecule has 2 heterocycles. The number of fused-ring (bicyclic) bond motifs is 1. The molecule has 0 atom stereocenters. The summed E-state index contributed by atoms with van der Waals surface area (Å²) >= 11 is 6.00. The number of hydrogen-bond acceptors (Lipinski definition) is 5. The van der Waals surface area contributed by atoms with E-state index in [1.807, 2.05) is 51.1 Å². The fourth-order valence-corrected chi connectivity index (χ4v) is 2.61. The molecule has 0 fully saturated rings. The summed E-state index contributed by atoms with van der Waals surface area (Å²) in [7, 11) is 1.47. The van der Waals surface area contributed by atoms with E-state index < -0.39 is 11.7 Å². The molecule has 0 spiro atoms. The van der Waals surface area contributed by atoms with Gasteiger partial charge in [0.1, 0.15) is 10.6 Å². The second-order valence-electron chi connectivity index (χ2n) is 6.45. The number of ether oxygens (including phenoxy) is 2. The molecule has 0 N–H and O–H groups in total. The average molecular weight is 360 g/mol. The van der Waals surface area contributed by atoms with E-state index in [9.17, 15) is 4.79 Å². The summed E-state index contributed by atoms with van der Waals surface area (Å²) < 4.78 is 12.2. The van der Waals surface area contributed by atoms with Gasteiger partial charge in [-0.3, -0.25) is 0 Å². The van der Waals surface area contributed by atoms with Crippen LogP contribution in [0.25, 0.3) is 22.4 Å². The average Bonchev–Trinajstić information content (AvgIpc) is 2.93. The molecule has 0 saturated heterocycles. The molecule has 0 radical (unpaired) electrons. The van der Waals surface area contributed by atoms with Gasteiger partial charge in [0.05, 0.1) is 24.5 Å². The quantitative estimate of drug-likeness (QED) is 0.671. The van der Waals surface area contributed by atoms with E-state index in [0.29, 0.717) is 22.1 Å². The Morgan fingerprint density at radius 1 is 1.24 bits per heavy atom. The smallest absolute Gasteiger partial charge is 0.419 e. The fourth-order valence-electron chi connectivity index (χ4n) is 2.44. The Morgan fingerprint density at radius 3 is 2.64 bits per heavy atom. The van der Waals surface area contributed by atoms with Crippen molar-refractivity contribution in [2.45, 2.75) is 26.4 Å². The van der Waals surface area contributed by atoms with Gasteiger partial charge in [-0.25, -0.2) is 14.3 Å². The lowest BCUT2D eigenvalue weighted by Crippen LogP contribution is -2.27. The first kappa shape index (κ1) is 17.2. The normalized spacial score (nSPS) is 11.6. The molecule has 0 aliphatic heterocycles. The standard InChI is InChI=1S/C18H18ClN3O3/c1-18(2,3)25-17(23)22-13-8-6-5-7-11(13)9-14(22)15-20-10-12(19)16(21-15)24-4/h5-10H,1-4H3. The van der Waals surface area contributed by atoms with Crippen LogP contribution in [-0.4, -0.2) is 33.3 Å². The van der Waals surface area contributed by atoms with Gasteiger partial charge in [-0.2, -0.15) is 4.98 Å². The highest BCUT2D eigenvalue weighted by Crippen LogP contribution is 2.30. The zero-order valence-corrected chi connectivity index (χ0v) is 15.2.